The molecule has 2 nitrogen and oxygen atoms in total. The molecule has 1 aliphatic carbocycles. The van der Waals surface area contributed by atoms with Gasteiger partial charge < -0.3 is 5.32 Å². The first-order valence-electron chi connectivity index (χ1n) is 9.72. The van der Waals surface area contributed by atoms with Gasteiger partial charge in [0.05, 0.1) is 11.3 Å². The maximum Gasteiger partial charge on any atom is 0.233 e. The summed E-state index contributed by atoms with van der Waals surface area (Å²) in [7, 11) is 0. The lowest BCUT2D eigenvalue weighted by Crippen LogP contribution is -2.34. The van der Waals surface area contributed by atoms with Gasteiger partial charge in [-0.1, -0.05) is 42.8 Å². The Hall–Kier alpha value is -1.74. The molecule has 0 aliphatic heterocycles. The SMILES string of the molecule is CC[C@@H](NC(=O)[C@@H](C)Sc1ccc(C)cc1)c1ccc2c(c1)CCCC2. The van der Waals surface area contributed by atoms with E-state index in [1.165, 1.54) is 47.9 Å². The zero-order valence-electron chi connectivity index (χ0n) is 16.0. The van der Waals surface area contributed by atoms with Gasteiger partial charge in [-0.15, -0.1) is 11.8 Å². The molecule has 1 aliphatic rings. The molecule has 0 radical (unpaired) electrons. The molecule has 138 valence electrons. The third kappa shape index (κ3) is 4.70. The average molecular weight is 368 g/mol. The standard InChI is InChI=1S/C23H29NOS/c1-4-22(20-12-11-18-7-5-6-8-19(18)15-20)24-23(25)17(3)26-21-13-9-16(2)10-14-21/h9-15,17,22H,4-8H2,1-3H3,(H,24,25)/t17-,22-/m1/s1. The summed E-state index contributed by atoms with van der Waals surface area (Å²) in [6, 6.07) is 15.2. The predicted molar refractivity (Wildman–Crippen MR) is 111 cm³/mol. The number of nitrogens with one attached hydrogen (secondary N) is 1. The van der Waals surface area contributed by atoms with Gasteiger partial charge in [-0.25, -0.2) is 0 Å². The van der Waals surface area contributed by atoms with Crippen LogP contribution in [0.4, 0.5) is 0 Å². The van der Waals surface area contributed by atoms with Crippen molar-refractivity contribution in [3.05, 3.63) is 64.7 Å². The number of carbonyl (C=O) groups is 1. The summed E-state index contributed by atoms with van der Waals surface area (Å²) in [6.07, 6.45) is 5.86. The molecule has 0 heterocycles. The quantitative estimate of drug-likeness (QED) is 0.671. The summed E-state index contributed by atoms with van der Waals surface area (Å²) in [5, 5.41) is 3.15. The Labute approximate surface area is 161 Å². The van der Waals surface area contributed by atoms with Gasteiger partial charge in [0.15, 0.2) is 0 Å². The van der Waals surface area contributed by atoms with E-state index in [0.717, 1.165) is 11.3 Å². The number of rotatable bonds is 6. The van der Waals surface area contributed by atoms with Crippen molar-refractivity contribution in [2.24, 2.45) is 0 Å². The van der Waals surface area contributed by atoms with E-state index in [-0.39, 0.29) is 17.2 Å². The van der Waals surface area contributed by atoms with Crippen LogP contribution >= 0.6 is 11.8 Å². The summed E-state index contributed by atoms with van der Waals surface area (Å²) in [5.41, 5.74) is 5.45. The molecule has 26 heavy (non-hydrogen) atoms. The Morgan fingerprint density at radius 2 is 1.77 bits per heavy atom. The van der Waals surface area contributed by atoms with Crippen molar-refractivity contribution in [2.45, 2.75) is 69.1 Å². The van der Waals surface area contributed by atoms with Crippen LogP contribution in [0.1, 0.15) is 61.4 Å². The van der Waals surface area contributed by atoms with Crippen LogP contribution in [0.3, 0.4) is 0 Å². The van der Waals surface area contributed by atoms with E-state index in [1.54, 1.807) is 11.8 Å². The molecule has 2 atom stereocenters. The van der Waals surface area contributed by atoms with Crippen molar-refractivity contribution in [3.8, 4) is 0 Å². The van der Waals surface area contributed by atoms with Crippen LogP contribution < -0.4 is 5.32 Å². The lowest BCUT2D eigenvalue weighted by molar-refractivity contribution is -0.121. The maximum absolute atomic E-state index is 12.7. The number of fused-ring (bicyclic) bond motifs is 1. The Bertz CT molecular complexity index is 753. The van der Waals surface area contributed by atoms with Crippen molar-refractivity contribution < 1.29 is 4.79 Å². The molecule has 0 bridgehead atoms. The first-order chi connectivity index (χ1) is 12.6. The monoisotopic (exact) mass is 367 g/mol. The molecule has 2 aromatic rings. The first kappa shape index (κ1) is 19.0. The van der Waals surface area contributed by atoms with Crippen LogP contribution in [0.2, 0.25) is 0 Å². The van der Waals surface area contributed by atoms with E-state index in [4.69, 9.17) is 0 Å². The van der Waals surface area contributed by atoms with E-state index in [2.05, 4.69) is 61.6 Å². The van der Waals surface area contributed by atoms with Crippen LogP contribution in [0.5, 0.6) is 0 Å². The minimum Gasteiger partial charge on any atom is -0.348 e. The van der Waals surface area contributed by atoms with Crippen molar-refractivity contribution >= 4 is 17.7 Å². The predicted octanol–water partition coefficient (Wildman–Crippen LogP) is 5.62. The second-order valence-corrected chi connectivity index (χ2v) is 8.69. The second-order valence-electron chi connectivity index (χ2n) is 7.28. The highest BCUT2D eigenvalue weighted by atomic mass is 32.2. The average Bonchev–Trinajstić information content (AvgIpc) is 2.67. The minimum absolute atomic E-state index is 0.0933. The normalized spacial score (nSPS) is 15.8. The highest BCUT2D eigenvalue weighted by molar-refractivity contribution is 8.00. The fourth-order valence-electron chi connectivity index (χ4n) is 3.55. The maximum atomic E-state index is 12.7. The van der Waals surface area contributed by atoms with Crippen LogP contribution in [-0.2, 0) is 17.6 Å². The molecule has 3 heteroatoms. The van der Waals surface area contributed by atoms with Gasteiger partial charge in [-0.2, -0.15) is 0 Å². The summed E-state index contributed by atoms with van der Waals surface area (Å²) in [5.74, 6) is 0.111. The van der Waals surface area contributed by atoms with Crippen molar-refractivity contribution in [3.63, 3.8) is 0 Å². The molecule has 0 spiro atoms. The van der Waals surface area contributed by atoms with Gasteiger partial charge in [0.1, 0.15) is 0 Å². The van der Waals surface area contributed by atoms with Crippen LogP contribution in [-0.4, -0.2) is 11.2 Å². The van der Waals surface area contributed by atoms with Crippen molar-refractivity contribution in [1.82, 2.24) is 5.32 Å². The van der Waals surface area contributed by atoms with Crippen molar-refractivity contribution in [1.29, 1.82) is 0 Å². The molecule has 1 amide bonds. The molecule has 0 aromatic heterocycles. The molecule has 0 saturated carbocycles. The number of carbonyl (C=O) groups excluding carboxylic acids is 1. The molecule has 0 saturated heterocycles. The summed E-state index contributed by atoms with van der Waals surface area (Å²) in [6.45, 7) is 6.20. The van der Waals surface area contributed by atoms with Gasteiger partial charge in [-0.05, 0) is 74.8 Å². The number of benzene rings is 2. The number of hydrogen-bond donors (Lipinski definition) is 1. The first-order valence-corrected chi connectivity index (χ1v) is 10.6. The fourth-order valence-corrected chi connectivity index (χ4v) is 4.43. The zero-order valence-corrected chi connectivity index (χ0v) is 16.9. The summed E-state index contributed by atoms with van der Waals surface area (Å²) >= 11 is 1.62. The molecule has 0 unspecified atom stereocenters. The molecule has 2 aromatic carbocycles. The lowest BCUT2D eigenvalue weighted by atomic mass is 9.89. The summed E-state index contributed by atoms with van der Waals surface area (Å²) < 4.78 is 0. The third-order valence-electron chi connectivity index (χ3n) is 5.20. The largest absolute Gasteiger partial charge is 0.348 e. The zero-order chi connectivity index (χ0) is 18.5. The minimum atomic E-state index is -0.107. The van der Waals surface area contributed by atoms with Crippen LogP contribution in [0, 0.1) is 6.92 Å². The third-order valence-corrected chi connectivity index (χ3v) is 6.31. The highest BCUT2D eigenvalue weighted by Crippen LogP contribution is 2.28. The Morgan fingerprint density at radius 3 is 2.46 bits per heavy atom. The number of hydrogen-bond acceptors (Lipinski definition) is 2. The Morgan fingerprint density at radius 1 is 1.08 bits per heavy atom. The van der Waals surface area contributed by atoms with E-state index in [0.29, 0.717) is 0 Å². The van der Waals surface area contributed by atoms with Gasteiger partial charge in [0.2, 0.25) is 5.91 Å². The second kappa shape index (κ2) is 8.77. The Balaban J connectivity index is 1.65. The molecular formula is C23H29NOS. The molecule has 3 rings (SSSR count). The number of thioether (sulfide) groups is 1. The molecule has 1 N–H and O–H groups in total. The van der Waals surface area contributed by atoms with E-state index in [1.807, 2.05) is 6.92 Å². The summed E-state index contributed by atoms with van der Waals surface area (Å²) in [4.78, 5) is 13.9. The number of aryl methyl sites for hydroxylation is 3. The van der Waals surface area contributed by atoms with E-state index < -0.39 is 0 Å². The van der Waals surface area contributed by atoms with Gasteiger partial charge in [0.25, 0.3) is 0 Å². The van der Waals surface area contributed by atoms with Gasteiger partial charge in [0, 0.05) is 4.90 Å². The molecular weight excluding hydrogens is 338 g/mol. The highest BCUT2D eigenvalue weighted by Gasteiger charge is 2.20. The Kier molecular flexibility index (Phi) is 6.42. The van der Waals surface area contributed by atoms with Crippen LogP contribution in [0.15, 0.2) is 47.4 Å². The topological polar surface area (TPSA) is 29.1 Å². The van der Waals surface area contributed by atoms with Gasteiger partial charge >= 0.3 is 0 Å². The fraction of sp³-hybridized carbons (Fsp3) is 0.435. The molecule has 0 fully saturated rings. The van der Waals surface area contributed by atoms with Gasteiger partial charge in [-0.3, -0.25) is 4.79 Å². The van der Waals surface area contributed by atoms with Crippen LogP contribution in [0.25, 0.3) is 0 Å². The number of amides is 1. The lowest BCUT2D eigenvalue weighted by Gasteiger charge is -2.23. The van der Waals surface area contributed by atoms with E-state index in [9.17, 15) is 4.79 Å². The smallest absolute Gasteiger partial charge is 0.233 e. The van der Waals surface area contributed by atoms with E-state index >= 15 is 0 Å². The van der Waals surface area contributed by atoms with Crippen molar-refractivity contribution in [2.75, 3.05) is 0 Å².